The summed E-state index contributed by atoms with van der Waals surface area (Å²) >= 11 is 0. The summed E-state index contributed by atoms with van der Waals surface area (Å²) in [5.41, 5.74) is 2.82. The van der Waals surface area contributed by atoms with Gasteiger partial charge in [0, 0.05) is 12.5 Å². The Labute approximate surface area is 140 Å². The molecule has 1 N–H and O–H groups in total. The molecule has 2 rings (SSSR count). The van der Waals surface area contributed by atoms with Gasteiger partial charge in [-0.25, -0.2) is 4.79 Å². The van der Waals surface area contributed by atoms with Gasteiger partial charge in [0.2, 0.25) is 0 Å². The summed E-state index contributed by atoms with van der Waals surface area (Å²) in [5, 5.41) is 0. The van der Waals surface area contributed by atoms with Gasteiger partial charge in [-0.05, 0) is 31.4 Å². The molecule has 1 amide bonds. The maximum absolute atomic E-state index is 12.3. The van der Waals surface area contributed by atoms with Crippen LogP contribution in [-0.4, -0.2) is 17.8 Å². The largest absolute Gasteiger partial charge is 0.431 e. The first-order chi connectivity index (χ1) is 11.6. The molecule has 0 bridgehead atoms. The highest BCUT2D eigenvalue weighted by Crippen LogP contribution is 2.21. The Kier molecular flexibility index (Phi) is 6.31. The van der Waals surface area contributed by atoms with Crippen molar-refractivity contribution in [3.05, 3.63) is 59.9 Å². The van der Waals surface area contributed by atoms with Crippen LogP contribution in [-0.2, 0) is 30.4 Å². The van der Waals surface area contributed by atoms with E-state index in [-0.39, 0.29) is 6.42 Å². The smallest absolute Gasteiger partial charge is 0.355 e. The number of nitrogens with one attached hydrogen (secondary N) is 1. The van der Waals surface area contributed by atoms with Crippen LogP contribution < -0.4 is 5.48 Å². The second-order valence-corrected chi connectivity index (χ2v) is 5.26. The highest BCUT2D eigenvalue weighted by molar-refractivity contribution is 5.98. The summed E-state index contributed by atoms with van der Waals surface area (Å²) < 4.78 is 5.20. The Bertz CT molecular complexity index is 663. The van der Waals surface area contributed by atoms with Crippen molar-refractivity contribution in [2.45, 2.75) is 26.2 Å². The highest BCUT2D eigenvalue weighted by Gasteiger charge is 2.31. The Morgan fingerprint density at radius 1 is 1.25 bits per heavy atom. The first-order valence-electron chi connectivity index (χ1n) is 7.68. The van der Waals surface area contributed by atoms with Crippen LogP contribution in [0.1, 0.15) is 25.3 Å². The van der Waals surface area contributed by atoms with Crippen LogP contribution in [0.5, 0.6) is 0 Å². The number of carbonyl (C=O) groups excluding carboxylic acids is 3. The Hall–Kier alpha value is -2.89. The number of rotatable bonds is 6. The molecule has 6 nitrogen and oxygen atoms in total. The number of esters is 1. The predicted molar refractivity (Wildman–Crippen MR) is 86.1 cm³/mol. The summed E-state index contributed by atoms with van der Waals surface area (Å²) in [4.78, 5) is 40.4. The van der Waals surface area contributed by atoms with Crippen molar-refractivity contribution in [3.63, 3.8) is 0 Å². The van der Waals surface area contributed by atoms with Gasteiger partial charge in [0.15, 0.2) is 0 Å². The van der Waals surface area contributed by atoms with E-state index >= 15 is 0 Å². The van der Waals surface area contributed by atoms with Crippen LogP contribution in [0.15, 0.2) is 54.3 Å². The minimum absolute atomic E-state index is 0.153. The zero-order chi connectivity index (χ0) is 17.4. The second kappa shape index (κ2) is 8.67. The van der Waals surface area contributed by atoms with Gasteiger partial charge in [0.05, 0.1) is 0 Å². The van der Waals surface area contributed by atoms with Crippen LogP contribution in [0.25, 0.3) is 0 Å². The minimum atomic E-state index is -1.10. The minimum Gasteiger partial charge on any atom is -0.431 e. The molecule has 1 unspecified atom stereocenters. The molecule has 1 atom stereocenters. The standard InChI is InChI=1S/C18H19NO5/c1-2-7-16(20)24-19-17(21)15(12-13-8-4-3-5-9-13)18(22)23-14-10-6-11-14/h2-5,7-10,15H,6,11-12H2,1H3,(H,19,21). The lowest BCUT2D eigenvalue weighted by Crippen LogP contribution is -2.38. The van der Waals surface area contributed by atoms with E-state index in [1.54, 1.807) is 13.0 Å². The molecule has 0 radical (unpaired) electrons. The van der Waals surface area contributed by atoms with E-state index in [9.17, 15) is 14.4 Å². The molecule has 0 saturated heterocycles. The van der Waals surface area contributed by atoms with Crippen molar-refractivity contribution >= 4 is 17.8 Å². The Morgan fingerprint density at radius 2 is 1.96 bits per heavy atom. The van der Waals surface area contributed by atoms with Crippen LogP contribution in [0, 0.1) is 5.92 Å². The van der Waals surface area contributed by atoms with E-state index in [1.807, 2.05) is 35.8 Å². The van der Waals surface area contributed by atoms with Crippen molar-refractivity contribution < 1.29 is 24.0 Å². The zero-order valence-corrected chi connectivity index (χ0v) is 13.4. The van der Waals surface area contributed by atoms with Gasteiger partial charge in [0.25, 0.3) is 5.91 Å². The third-order valence-corrected chi connectivity index (χ3v) is 3.43. The molecule has 0 fully saturated rings. The number of carbonyl (C=O) groups is 3. The van der Waals surface area contributed by atoms with E-state index in [0.29, 0.717) is 12.2 Å². The van der Waals surface area contributed by atoms with Gasteiger partial charge < -0.3 is 9.57 Å². The number of hydrogen-bond acceptors (Lipinski definition) is 5. The molecule has 24 heavy (non-hydrogen) atoms. The first-order valence-corrected chi connectivity index (χ1v) is 7.68. The van der Waals surface area contributed by atoms with Crippen LogP contribution in [0.2, 0.25) is 0 Å². The van der Waals surface area contributed by atoms with Crippen molar-refractivity contribution in [3.8, 4) is 0 Å². The number of hydroxylamine groups is 1. The zero-order valence-electron chi connectivity index (χ0n) is 13.4. The van der Waals surface area contributed by atoms with Gasteiger partial charge in [-0.1, -0.05) is 36.4 Å². The van der Waals surface area contributed by atoms with Crippen LogP contribution >= 0.6 is 0 Å². The molecule has 6 heteroatoms. The topological polar surface area (TPSA) is 81.7 Å². The number of ether oxygens (including phenoxy) is 1. The molecule has 0 aromatic heterocycles. The fraction of sp³-hybridized carbons (Fsp3) is 0.278. The summed E-state index contributed by atoms with van der Waals surface area (Å²) in [6.07, 6.45) is 6.12. The normalized spacial score (nSPS) is 14.3. The SMILES string of the molecule is CC=CC(=O)ONC(=O)C(Cc1ccccc1)C(=O)OC1=CCC1. The molecule has 1 aliphatic carbocycles. The fourth-order valence-corrected chi connectivity index (χ4v) is 2.03. The average Bonchev–Trinajstić information content (AvgIpc) is 2.55. The quantitative estimate of drug-likeness (QED) is 0.374. The first kappa shape index (κ1) is 17.5. The molecule has 1 aliphatic rings. The molecular formula is C18H19NO5. The van der Waals surface area contributed by atoms with Crippen molar-refractivity contribution in [1.82, 2.24) is 5.48 Å². The lowest BCUT2D eigenvalue weighted by Gasteiger charge is -2.19. The van der Waals surface area contributed by atoms with E-state index in [2.05, 4.69) is 4.84 Å². The molecular weight excluding hydrogens is 310 g/mol. The second-order valence-electron chi connectivity index (χ2n) is 5.26. The predicted octanol–water partition coefficient (Wildman–Crippen LogP) is 2.22. The number of benzene rings is 1. The molecule has 0 saturated carbocycles. The Balaban J connectivity index is 2.04. The monoisotopic (exact) mass is 329 g/mol. The number of allylic oxidation sites excluding steroid dienone is 3. The van der Waals surface area contributed by atoms with Crippen molar-refractivity contribution in [2.24, 2.45) is 5.92 Å². The summed E-state index contributed by atoms with van der Waals surface area (Å²) in [5.74, 6) is -2.64. The molecule has 126 valence electrons. The molecule has 0 aliphatic heterocycles. The third kappa shape index (κ3) is 5.08. The third-order valence-electron chi connectivity index (χ3n) is 3.43. The summed E-state index contributed by atoms with van der Waals surface area (Å²) in [6, 6.07) is 9.09. The van der Waals surface area contributed by atoms with Crippen molar-refractivity contribution in [1.29, 1.82) is 0 Å². The molecule has 1 aromatic carbocycles. The van der Waals surface area contributed by atoms with Crippen LogP contribution in [0.4, 0.5) is 0 Å². The highest BCUT2D eigenvalue weighted by atomic mass is 16.7. The summed E-state index contributed by atoms with van der Waals surface area (Å²) in [7, 11) is 0. The lowest BCUT2D eigenvalue weighted by atomic mass is 9.98. The van der Waals surface area contributed by atoms with Gasteiger partial charge in [-0.2, -0.15) is 5.48 Å². The number of amides is 1. The maximum atomic E-state index is 12.3. The van der Waals surface area contributed by atoms with E-state index in [1.165, 1.54) is 6.08 Å². The lowest BCUT2D eigenvalue weighted by molar-refractivity contribution is -0.161. The molecule has 1 aromatic rings. The van der Waals surface area contributed by atoms with Gasteiger partial charge in [-0.3, -0.25) is 9.59 Å². The van der Waals surface area contributed by atoms with E-state index < -0.39 is 23.8 Å². The summed E-state index contributed by atoms with van der Waals surface area (Å²) in [6.45, 7) is 1.64. The molecule has 0 heterocycles. The van der Waals surface area contributed by atoms with Crippen LogP contribution in [0.3, 0.4) is 0 Å². The Morgan fingerprint density at radius 3 is 2.54 bits per heavy atom. The van der Waals surface area contributed by atoms with Gasteiger partial charge >= 0.3 is 11.9 Å². The number of hydrogen-bond donors (Lipinski definition) is 1. The van der Waals surface area contributed by atoms with Gasteiger partial charge in [0.1, 0.15) is 11.7 Å². The van der Waals surface area contributed by atoms with Gasteiger partial charge in [-0.15, -0.1) is 0 Å². The fourth-order valence-electron chi connectivity index (χ4n) is 2.03. The van der Waals surface area contributed by atoms with E-state index in [0.717, 1.165) is 18.1 Å². The van der Waals surface area contributed by atoms with E-state index in [4.69, 9.17) is 4.74 Å². The molecule has 0 spiro atoms. The van der Waals surface area contributed by atoms with Crippen molar-refractivity contribution in [2.75, 3.05) is 0 Å². The maximum Gasteiger partial charge on any atom is 0.355 e. The average molecular weight is 329 g/mol.